The van der Waals surface area contributed by atoms with Crippen LogP contribution in [0.5, 0.6) is 0 Å². The van der Waals surface area contributed by atoms with Crippen molar-refractivity contribution in [3.63, 3.8) is 0 Å². The van der Waals surface area contributed by atoms with Crippen LogP contribution in [0.3, 0.4) is 0 Å². The van der Waals surface area contributed by atoms with E-state index in [1.807, 2.05) is 0 Å². The summed E-state index contributed by atoms with van der Waals surface area (Å²) in [6.07, 6.45) is 3.55. The lowest BCUT2D eigenvalue weighted by molar-refractivity contribution is -0.148. The number of carbonyl (C=O) groups excluding carboxylic acids is 1. The maximum absolute atomic E-state index is 12.0. The summed E-state index contributed by atoms with van der Waals surface area (Å²) in [4.78, 5) is 23.3. The lowest BCUT2D eigenvalue weighted by Crippen LogP contribution is -2.52. The van der Waals surface area contributed by atoms with Gasteiger partial charge in [0.05, 0.1) is 5.41 Å². The van der Waals surface area contributed by atoms with Gasteiger partial charge in [-0.1, -0.05) is 6.42 Å². The van der Waals surface area contributed by atoms with E-state index in [-0.39, 0.29) is 18.1 Å². The van der Waals surface area contributed by atoms with Gasteiger partial charge in [-0.05, 0) is 32.6 Å². The van der Waals surface area contributed by atoms with Crippen LogP contribution < -0.4 is 10.6 Å². The van der Waals surface area contributed by atoms with Gasteiger partial charge in [-0.25, -0.2) is 4.79 Å². The van der Waals surface area contributed by atoms with E-state index < -0.39 is 22.2 Å². The highest BCUT2D eigenvalue weighted by Crippen LogP contribution is 2.38. The number of urea groups is 1. The molecule has 1 heterocycles. The van der Waals surface area contributed by atoms with Gasteiger partial charge in [0.15, 0.2) is 0 Å². The van der Waals surface area contributed by atoms with Crippen LogP contribution in [0.15, 0.2) is 0 Å². The Morgan fingerprint density at radius 1 is 1.20 bits per heavy atom. The van der Waals surface area contributed by atoms with Crippen molar-refractivity contribution in [3.05, 3.63) is 0 Å². The summed E-state index contributed by atoms with van der Waals surface area (Å²) >= 11 is 0. The zero-order valence-corrected chi connectivity index (χ0v) is 12.5. The van der Waals surface area contributed by atoms with Gasteiger partial charge in [-0.2, -0.15) is 0 Å². The minimum Gasteiger partial charge on any atom is -0.481 e. The fraction of sp³-hybridized carbons (Fsp3) is 0.846. The number of amides is 2. The van der Waals surface area contributed by atoms with Gasteiger partial charge in [0.1, 0.15) is 0 Å². The molecule has 0 aromatic rings. The molecule has 1 saturated heterocycles. The van der Waals surface area contributed by atoms with Crippen molar-refractivity contribution in [3.8, 4) is 0 Å². The first kappa shape index (κ1) is 15.3. The predicted molar refractivity (Wildman–Crippen MR) is 75.9 cm³/mol. The molecule has 6 nitrogen and oxygen atoms in total. The second-order valence-corrected chi connectivity index (χ2v) is 7.60. The molecule has 0 radical (unpaired) electrons. The summed E-state index contributed by atoms with van der Waals surface area (Å²) in [6, 6.07) is -0.579. The molecule has 2 rings (SSSR count). The van der Waals surface area contributed by atoms with E-state index in [1.54, 1.807) is 6.92 Å². The minimum absolute atomic E-state index is 0.0465. The van der Waals surface area contributed by atoms with E-state index >= 15 is 0 Å². The van der Waals surface area contributed by atoms with E-state index in [0.717, 1.165) is 19.3 Å². The highest BCUT2D eigenvalue weighted by atomic mass is 32.2. The first-order valence-electron chi connectivity index (χ1n) is 7.07. The van der Waals surface area contributed by atoms with E-state index in [1.165, 1.54) is 0 Å². The summed E-state index contributed by atoms with van der Waals surface area (Å²) in [5.41, 5.74) is -0.870. The molecule has 1 aliphatic heterocycles. The largest absolute Gasteiger partial charge is 0.481 e. The molecular weight excluding hydrogens is 280 g/mol. The maximum Gasteiger partial charge on any atom is 0.315 e. The number of rotatable bonds is 3. The van der Waals surface area contributed by atoms with Gasteiger partial charge >= 0.3 is 12.0 Å². The number of carbonyl (C=O) groups is 2. The molecule has 1 aliphatic carbocycles. The fourth-order valence-corrected chi connectivity index (χ4v) is 4.28. The van der Waals surface area contributed by atoms with Gasteiger partial charge in [-0.3, -0.25) is 9.00 Å². The predicted octanol–water partition coefficient (Wildman–Crippen LogP) is 0.840. The first-order valence-corrected chi connectivity index (χ1v) is 8.56. The van der Waals surface area contributed by atoms with Crippen LogP contribution in [-0.4, -0.2) is 44.9 Å². The maximum atomic E-state index is 12.0. The van der Waals surface area contributed by atoms with Gasteiger partial charge in [-0.15, -0.1) is 0 Å². The van der Waals surface area contributed by atoms with Crippen molar-refractivity contribution in [2.45, 2.75) is 51.1 Å². The van der Waals surface area contributed by atoms with Crippen LogP contribution in [0, 0.1) is 5.41 Å². The SMILES string of the molecule is CC1(C(=O)O)CCCC1NC(=O)NC1CCS(=O)CC1. The van der Waals surface area contributed by atoms with Crippen LogP contribution >= 0.6 is 0 Å². The molecule has 0 bridgehead atoms. The van der Waals surface area contributed by atoms with Crippen LogP contribution in [0.25, 0.3) is 0 Å². The van der Waals surface area contributed by atoms with E-state index in [2.05, 4.69) is 10.6 Å². The highest BCUT2D eigenvalue weighted by molar-refractivity contribution is 7.85. The number of aliphatic carboxylic acids is 1. The van der Waals surface area contributed by atoms with Gasteiger partial charge in [0.25, 0.3) is 0 Å². The minimum atomic E-state index is -0.870. The van der Waals surface area contributed by atoms with Gasteiger partial charge in [0, 0.05) is 34.4 Å². The van der Waals surface area contributed by atoms with Gasteiger partial charge in [0.2, 0.25) is 0 Å². The Morgan fingerprint density at radius 3 is 2.45 bits per heavy atom. The molecule has 0 aromatic carbocycles. The number of carboxylic acids is 1. The summed E-state index contributed by atoms with van der Waals surface area (Å²) in [5, 5.41) is 15.0. The standard InChI is InChI=1S/C13H22N2O4S/c1-13(11(16)17)6-2-3-10(13)15-12(18)14-9-4-7-20(19)8-5-9/h9-10H,2-8H2,1H3,(H,16,17)(H2,14,15,18). The molecule has 20 heavy (non-hydrogen) atoms. The van der Waals surface area contributed by atoms with Crippen LogP contribution in [0.1, 0.15) is 39.0 Å². The third-order valence-electron chi connectivity index (χ3n) is 4.48. The topological polar surface area (TPSA) is 95.5 Å². The molecule has 1 saturated carbocycles. The van der Waals surface area contributed by atoms with Crippen molar-refractivity contribution < 1.29 is 18.9 Å². The summed E-state index contributed by atoms with van der Waals surface area (Å²) in [5.74, 6) is 0.399. The Morgan fingerprint density at radius 2 is 1.85 bits per heavy atom. The summed E-state index contributed by atoms with van der Waals surface area (Å²) < 4.78 is 11.3. The molecule has 3 N–H and O–H groups in total. The molecular formula is C13H22N2O4S. The molecule has 2 atom stereocenters. The average molecular weight is 302 g/mol. The van der Waals surface area contributed by atoms with E-state index in [4.69, 9.17) is 0 Å². The van der Waals surface area contributed by atoms with Crippen molar-refractivity contribution >= 4 is 22.8 Å². The molecule has 7 heteroatoms. The molecule has 114 valence electrons. The Kier molecular flexibility index (Phi) is 4.67. The number of hydrogen-bond acceptors (Lipinski definition) is 3. The zero-order valence-electron chi connectivity index (χ0n) is 11.7. The molecule has 2 fully saturated rings. The second kappa shape index (κ2) is 6.11. The van der Waals surface area contributed by atoms with Crippen LogP contribution in [0.2, 0.25) is 0 Å². The molecule has 0 spiro atoms. The quantitative estimate of drug-likeness (QED) is 0.720. The second-order valence-electron chi connectivity index (χ2n) is 5.91. The van der Waals surface area contributed by atoms with Crippen molar-refractivity contribution in [1.82, 2.24) is 10.6 Å². The van der Waals surface area contributed by atoms with Crippen molar-refractivity contribution in [1.29, 1.82) is 0 Å². The normalized spacial score (nSPS) is 37.4. The van der Waals surface area contributed by atoms with E-state index in [0.29, 0.717) is 24.3 Å². The lowest BCUT2D eigenvalue weighted by atomic mass is 9.85. The number of hydrogen-bond donors (Lipinski definition) is 3. The van der Waals surface area contributed by atoms with Crippen LogP contribution in [0.4, 0.5) is 4.79 Å². The fourth-order valence-electron chi connectivity index (χ4n) is 2.98. The Hall–Kier alpha value is -1.11. The lowest BCUT2D eigenvalue weighted by Gasteiger charge is -2.29. The smallest absolute Gasteiger partial charge is 0.315 e. The Labute approximate surface area is 121 Å². The zero-order chi connectivity index (χ0) is 14.8. The Balaban J connectivity index is 1.85. The van der Waals surface area contributed by atoms with Crippen molar-refractivity contribution in [2.75, 3.05) is 11.5 Å². The highest BCUT2D eigenvalue weighted by Gasteiger charge is 2.46. The summed E-state index contributed by atoms with van der Waals surface area (Å²) in [7, 11) is -0.748. The third-order valence-corrected chi connectivity index (χ3v) is 5.86. The number of carboxylic acid groups (broad SMARTS) is 1. The number of nitrogens with one attached hydrogen (secondary N) is 2. The molecule has 2 amide bonds. The monoisotopic (exact) mass is 302 g/mol. The van der Waals surface area contributed by atoms with Crippen molar-refractivity contribution in [2.24, 2.45) is 5.41 Å². The molecule has 0 aromatic heterocycles. The Bertz CT molecular complexity index is 419. The summed E-state index contributed by atoms with van der Waals surface area (Å²) in [6.45, 7) is 1.69. The molecule has 2 unspecified atom stereocenters. The van der Waals surface area contributed by atoms with Gasteiger partial charge < -0.3 is 15.7 Å². The third kappa shape index (κ3) is 3.31. The average Bonchev–Trinajstić information content (AvgIpc) is 2.75. The van der Waals surface area contributed by atoms with E-state index in [9.17, 15) is 18.9 Å². The first-order chi connectivity index (χ1) is 9.41. The van der Waals surface area contributed by atoms with Crippen LogP contribution in [-0.2, 0) is 15.6 Å². The molecule has 2 aliphatic rings.